The average molecular weight is 254 g/mol. The van der Waals surface area contributed by atoms with Gasteiger partial charge in [0.1, 0.15) is 11.6 Å². The summed E-state index contributed by atoms with van der Waals surface area (Å²) >= 11 is 0. The van der Waals surface area contributed by atoms with Crippen LogP contribution in [0.25, 0.3) is 0 Å². The molecule has 0 radical (unpaired) electrons. The van der Waals surface area contributed by atoms with Crippen LogP contribution in [0.5, 0.6) is 5.75 Å². The highest BCUT2D eigenvalue weighted by atomic mass is 19.1. The van der Waals surface area contributed by atoms with E-state index in [1.165, 1.54) is 12.1 Å². The Balaban J connectivity index is 2.72. The fourth-order valence-corrected chi connectivity index (χ4v) is 1.24. The second kappa shape index (κ2) is 5.35. The van der Waals surface area contributed by atoms with Crippen molar-refractivity contribution in [1.82, 2.24) is 10.2 Å². The van der Waals surface area contributed by atoms with Gasteiger partial charge in [0.25, 0.3) is 5.91 Å². The Bertz CT molecular complexity index is 445. The molecule has 0 aliphatic carbocycles. The topological polar surface area (TPSA) is 52.6 Å². The number of phenolic OH excluding ortho intramolecular Hbond substituents is 1. The van der Waals surface area contributed by atoms with E-state index in [9.17, 15) is 9.18 Å². The zero-order valence-electron chi connectivity index (χ0n) is 11.1. The van der Waals surface area contributed by atoms with Crippen LogP contribution in [0.3, 0.4) is 0 Å². The molecule has 1 amide bonds. The number of halogens is 1. The Labute approximate surface area is 106 Å². The van der Waals surface area contributed by atoms with Gasteiger partial charge in [-0.2, -0.15) is 0 Å². The van der Waals surface area contributed by atoms with Crippen molar-refractivity contribution < 1.29 is 14.3 Å². The molecule has 0 heterocycles. The molecule has 0 bridgehead atoms. The van der Waals surface area contributed by atoms with Crippen molar-refractivity contribution in [2.75, 3.05) is 20.6 Å². The highest BCUT2D eigenvalue weighted by molar-refractivity contribution is 5.94. The number of amides is 1. The molecule has 1 aromatic rings. The predicted octanol–water partition coefficient (Wildman–Crippen LogP) is 1.60. The number of hydrogen-bond acceptors (Lipinski definition) is 3. The van der Waals surface area contributed by atoms with Crippen molar-refractivity contribution in [3.63, 3.8) is 0 Å². The van der Waals surface area contributed by atoms with Gasteiger partial charge in [0, 0.05) is 18.2 Å². The zero-order chi connectivity index (χ0) is 13.9. The fourth-order valence-electron chi connectivity index (χ4n) is 1.24. The van der Waals surface area contributed by atoms with Gasteiger partial charge in [-0.05, 0) is 40.1 Å². The Hall–Kier alpha value is -1.62. The van der Waals surface area contributed by atoms with Gasteiger partial charge < -0.3 is 15.3 Å². The van der Waals surface area contributed by atoms with Crippen LogP contribution in [0, 0.1) is 5.82 Å². The lowest BCUT2D eigenvalue weighted by Gasteiger charge is -2.32. The van der Waals surface area contributed by atoms with Crippen LogP contribution in [0.4, 0.5) is 4.39 Å². The summed E-state index contributed by atoms with van der Waals surface area (Å²) in [6, 6.07) is 3.48. The first-order chi connectivity index (χ1) is 8.24. The summed E-state index contributed by atoms with van der Waals surface area (Å²) in [5.74, 6) is -1.41. The maximum Gasteiger partial charge on any atom is 0.254 e. The monoisotopic (exact) mass is 254 g/mol. The summed E-state index contributed by atoms with van der Waals surface area (Å²) in [6.45, 7) is 4.35. The molecule has 1 aromatic carbocycles. The first-order valence-electron chi connectivity index (χ1n) is 5.68. The number of benzene rings is 1. The molecule has 0 aromatic heterocycles. The number of rotatable bonds is 4. The number of aromatic hydroxyl groups is 1. The maximum atomic E-state index is 13.4. The van der Waals surface area contributed by atoms with E-state index in [1.54, 1.807) is 0 Å². The average Bonchev–Trinajstić information content (AvgIpc) is 2.25. The number of nitrogens with one attached hydrogen (secondary N) is 1. The summed E-state index contributed by atoms with van der Waals surface area (Å²) in [7, 11) is 3.82. The quantitative estimate of drug-likeness (QED) is 0.858. The minimum atomic E-state index is -0.727. The summed E-state index contributed by atoms with van der Waals surface area (Å²) in [5, 5.41) is 11.8. The van der Waals surface area contributed by atoms with Gasteiger partial charge in [0.2, 0.25) is 0 Å². The van der Waals surface area contributed by atoms with E-state index in [2.05, 4.69) is 5.32 Å². The van der Waals surface area contributed by atoms with Gasteiger partial charge in [-0.3, -0.25) is 4.79 Å². The van der Waals surface area contributed by atoms with Crippen LogP contribution < -0.4 is 5.32 Å². The first kappa shape index (κ1) is 14.4. The molecule has 5 heteroatoms. The molecule has 0 unspecified atom stereocenters. The van der Waals surface area contributed by atoms with Crippen molar-refractivity contribution in [3.05, 3.63) is 29.6 Å². The molecule has 18 heavy (non-hydrogen) atoms. The Morgan fingerprint density at radius 2 is 2.06 bits per heavy atom. The highest BCUT2D eigenvalue weighted by Gasteiger charge is 2.22. The number of hydrogen-bond donors (Lipinski definition) is 2. The van der Waals surface area contributed by atoms with Crippen LogP contribution in [-0.4, -0.2) is 42.1 Å². The van der Waals surface area contributed by atoms with Crippen LogP contribution >= 0.6 is 0 Å². The van der Waals surface area contributed by atoms with Gasteiger partial charge >= 0.3 is 0 Å². The van der Waals surface area contributed by atoms with Crippen molar-refractivity contribution >= 4 is 5.91 Å². The van der Waals surface area contributed by atoms with Gasteiger partial charge in [-0.15, -0.1) is 0 Å². The van der Waals surface area contributed by atoms with Gasteiger partial charge in [-0.25, -0.2) is 4.39 Å². The van der Waals surface area contributed by atoms with E-state index in [0.29, 0.717) is 6.54 Å². The van der Waals surface area contributed by atoms with Crippen molar-refractivity contribution in [3.8, 4) is 5.75 Å². The molecular weight excluding hydrogens is 235 g/mol. The number of likely N-dealkylation sites (N-methyl/N-ethyl adjacent to an activating group) is 1. The zero-order valence-corrected chi connectivity index (χ0v) is 11.1. The second-order valence-electron chi connectivity index (χ2n) is 5.05. The van der Waals surface area contributed by atoms with Gasteiger partial charge in [0.05, 0.1) is 5.56 Å². The fraction of sp³-hybridized carbons (Fsp3) is 0.462. The van der Waals surface area contributed by atoms with Gasteiger partial charge in [-0.1, -0.05) is 0 Å². The van der Waals surface area contributed by atoms with Crippen LogP contribution in [0.2, 0.25) is 0 Å². The van der Waals surface area contributed by atoms with Crippen molar-refractivity contribution in [2.45, 2.75) is 19.4 Å². The van der Waals surface area contributed by atoms with E-state index in [-0.39, 0.29) is 16.9 Å². The first-order valence-corrected chi connectivity index (χ1v) is 5.68. The van der Waals surface area contributed by atoms with E-state index < -0.39 is 11.7 Å². The molecule has 0 saturated carbocycles. The standard InChI is InChI=1S/C13H19FN2O2/c1-13(2,16(3)4)8-15-12(18)10-6-5-9(17)7-11(10)14/h5-7,17H,8H2,1-4H3,(H,15,18). The lowest BCUT2D eigenvalue weighted by atomic mass is 10.0. The molecule has 0 aliphatic heterocycles. The molecule has 0 saturated heterocycles. The van der Waals surface area contributed by atoms with Gasteiger partial charge in [0.15, 0.2) is 0 Å². The molecular formula is C13H19FN2O2. The molecule has 0 atom stereocenters. The normalized spacial score (nSPS) is 11.7. The molecule has 0 aliphatic rings. The SMILES string of the molecule is CN(C)C(C)(C)CNC(=O)c1ccc(O)cc1F. The second-order valence-corrected chi connectivity index (χ2v) is 5.05. The molecule has 1 rings (SSSR count). The lowest BCUT2D eigenvalue weighted by molar-refractivity contribution is 0.0915. The van der Waals surface area contributed by atoms with Crippen LogP contribution in [-0.2, 0) is 0 Å². The number of nitrogens with zero attached hydrogens (tertiary/aromatic N) is 1. The summed E-state index contributed by atoms with van der Waals surface area (Å²) in [6.07, 6.45) is 0. The summed E-state index contributed by atoms with van der Waals surface area (Å²) in [4.78, 5) is 13.8. The third-order valence-corrected chi connectivity index (χ3v) is 3.09. The molecule has 100 valence electrons. The maximum absolute atomic E-state index is 13.4. The van der Waals surface area contributed by atoms with Crippen molar-refractivity contribution in [1.29, 1.82) is 0 Å². The number of phenols is 1. The minimum absolute atomic E-state index is 0.0673. The minimum Gasteiger partial charge on any atom is -0.508 e. The molecule has 0 fully saturated rings. The summed E-state index contributed by atoms with van der Waals surface area (Å²) < 4.78 is 13.4. The van der Waals surface area contributed by atoms with Crippen molar-refractivity contribution in [2.24, 2.45) is 0 Å². The third-order valence-electron chi connectivity index (χ3n) is 3.09. The summed E-state index contributed by atoms with van der Waals surface area (Å²) in [5.41, 5.74) is -0.286. The lowest BCUT2D eigenvalue weighted by Crippen LogP contribution is -2.48. The van der Waals surface area contributed by atoms with Crippen LogP contribution in [0.15, 0.2) is 18.2 Å². The molecule has 2 N–H and O–H groups in total. The largest absolute Gasteiger partial charge is 0.508 e. The number of carbonyl (C=O) groups is 1. The Morgan fingerprint density at radius 1 is 1.44 bits per heavy atom. The highest BCUT2D eigenvalue weighted by Crippen LogP contribution is 2.15. The van der Waals surface area contributed by atoms with Crippen LogP contribution in [0.1, 0.15) is 24.2 Å². The Kier molecular flexibility index (Phi) is 4.29. The Morgan fingerprint density at radius 3 is 2.56 bits per heavy atom. The smallest absolute Gasteiger partial charge is 0.254 e. The van der Waals surface area contributed by atoms with E-state index in [4.69, 9.17) is 5.11 Å². The molecule has 4 nitrogen and oxygen atoms in total. The predicted molar refractivity (Wildman–Crippen MR) is 68.2 cm³/mol. The molecule has 0 spiro atoms. The third kappa shape index (κ3) is 3.43. The van der Waals surface area contributed by atoms with E-state index in [1.807, 2.05) is 32.8 Å². The number of carbonyl (C=O) groups excluding carboxylic acids is 1. The van der Waals surface area contributed by atoms with E-state index in [0.717, 1.165) is 6.07 Å². The van der Waals surface area contributed by atoms with E-state index >= 15 is 0 Å².